The minimum atomic E-state index is -3.70. The van der Waals surface area contributed by atoms with E-state index in [-0.39, 0.29) is 16.6 Å². The quantitative estimate of drug-likeness (QED) is 0.681. The number of nitrogens with one attached hydrogen (secondary N) is 1. The molecule has 0 unspecified atom stereocenters. The number of hydrogen-bond acceptors (Lipinski definition) is 4. The standard InChI is InChI=1S/C23H27ClN2O4S/c1-30-20-11-10-19(16-21(20)31(28,29)26-14-3-2-4-15-26)25-22(27)23(12-5-13-23)17-6-8-18(24)9-7-17/h6-11,16H,2-5,12-15H2,1H3,(H,25,27). The molecule has 166 valence electrons. The van der Waals surface area contributed by atoms with Crippen LogP contribution >= 0.6 is 11.6 Å². The Morgan fingerprint density at radius 1 is 1.03 bits per heavy atom. The third-order valence-corrected chi connectivity index (χ3v) is 8.56. The summed E-state index contributed by atoms with van der Waals surface area (Å²) >= 11 is 6.01. The van der Waals surface area contributed by atoms with Crippen LogP contribution < -0.4 is 10.1 Å². The lowest BCUT2D eigenvalue weighted by atomic mass is 9.64. The number of benzene rings is 2. The van der Waals surface area contributed by atoms with Gasteiger partial charge in [-0.15, -0.1) is 0 Å². The molecule has 2 fully saturated rings. The Morgan fingerprint density at radius 2 is 1.71 bits per heavy atom. The van der Waals surface area contributed by atoms with Gasteiger partial charge in [0, 0.05) is 23.8 Å². The fourth-order valence-corrected chi connectivity index (χ4v) is 6.22. The average Bonchev–Trinajstić information content (AvgIpc) is 2.75. The first kappa shape index (κ1) is 22.1. The molecule has 0 atom stereocenters. The first-order valence-electron chi connectivity index (χ1n) is 10.6. The SMILES string of the molecule is COc1ccc(NC(=O)C2(c3ccc(Cl)cc3)CCC2)cc1S(=O)(=O)N1CCCCC1. The van der Waals surface area contributed by atoms with Crippen LogP contribution in [-0.4, -0.2) is 38.8 Å². The van der Waals surface area contributed by atoms with Crippen LogP contribution in [0, 0.1) is 0 Å². The van der Waals surface area contributed by atoms with Crippen molar-refractivity contribution in [2.24, 2.45) is 0 Å². The number of methoxy groups -OCH3 is 1. The zero-order valence-electron chi connectivity index (χ0n) is 17.6. The minimum Gasteiger partial charge on any atom is -0.495 e. The molecule has 1 aliphatic carbocycles. The van der Waals surface area contributed by atoms with Crippen LogP contribution in [0.15, 0.2) is 47.4 Å². The molecule has 4 rings (SSSR count). The highest BCUT2D eigenvalue weighted by Crippen LogP contribution is 2.45. The van der Waals surface area contributed by atoms with E-state index in [0.29, 0.717) is 23.8 Å². The van der Waals surface area contributed by atoms with Crippen LogP contribution in [0.25, 0.3) is 0 Å². The summed E-state index contributed by atoms with van der Waals surface area (Å²) in [6, 6.07) is 12.2. The van der Waals surface area contributed by atoms with Crippen molar-refractivity contribution >= 4 is 33.2 Å². The lowest BCUT2D eigenvalue weighted by molar-refractivity contribution is -0.124. The molecule has 1 amide bonds. The number of hydrogen-bond donors (Lipinski definition) is 1. The highest BCUT2D eigenvalue weighted by molar-refractivity contribution is 7.89. The number of carbonyl (C=O) groups is 1. The second-order valence-electron chi connectivity index (χ2n) is 8.23. The van der Waals surface area contributed by atoms with Crippen molar-refractivity contribution in [1.29, 1.82) is 0 Å². The van der Waals surface area contributed by atoms with Crippen molar-refractivity contribution in [1.82, 2.24) is 4.31 Å². The maximum absolute atomic E-state index is 13.3. The minimum absolute atomic E-state index is 0.0869. The van der Waals surface area contributed by atoms with Crippen LogP contribution in [0.2, 0.25) is 5.02 Å². The normalized spacial score (nSPS) is 18.8. The first-order chi connectivity index (χ1) is 14.9. The van der Waals surface area contributed by atoms with Crippen LogP contribution in [-0.2, 0) is 20.2 Å². The Balaban J connectivity index is 1.62. The van der Waals surface area contributed by atoms with Crippen molar-refractivity contribution in [3.63, 3.8) is 0 Å². The summed E-state index contributed by atoms with van der Waals surface area (Å²) in [7, 11) is -2.25. The number of piperidine rings is 1. The number of halogens is 1. The molecular weight excluding hydrogens is 436 g/mol. The molecule has 1 aliphatic heterocycles. The summed E-state index contributed by atoms with van der Waals surface area (Å²) in [5.41, 5.74) is 0.758. The summed E-state index contributed by atoms with van der Waals surface area (Å²) in [5.74, 6) is 0.146. The molecule has 2 aliphatic rings. The Bertz CT molecular complexity index is 1060. The summed E-state index contributed by atoms with van der Waals surface area (Å²) in [6.07, 6.45) is 5.19. The van der Waals surface area contributed by atoms with E-state index in [1.54, 1.807) is 24.3 Å². The van der Waals surface area contributed by atoms with Crippen LogP contribution in [0.3, 0.4) is 0 Å². The second kappa shape index (κ2) is 8.81. The topological polar surface area (TPSA) is 75.7 Å². The van der Waals surface area contributed by atoms with E-state index < -0.39 is 15.4 Å². The second-order valence-corrected chi connectivity index (χ2v) is 10.6. The molecule has 1 N–H and O–H groups in total. The van der Waals surface area contributed by atoms with Crippen molar-refractivity contribution < 1.29 is 17.9 Å². The largest absolute Gasteiger partial charge is 0.495 e. The molecule has 0 spiro atoms. The lowest BCUT2D eigenvalue weighted by Crippen LogP contribution is -2.46. The van der Waals surface area contributed by atoms with E-state index in [2.05, 4.69) is 5.32 Å². The summed E-state index contributed by atoms with van der Waals surface area (Å²) in [6.45, 7) is 1.00. The first-order valence-corrected chi connectivity index (χ1v) is 12.4. The molecule has 0 radical (unpaired) electrons. The molecule has 1 saturated heterocycles. The molecule has 6 nitrogen and oxygen atoms in total. The van der Waals surface area contributed by atoms with Crippen LogP contribution in [0.5, 0.6) is 5.75 Å². The van der Waals surface area contributed by atoms with Gasteiger partial charge in [0.2, 0.25) is 15.9 Å². The zero-order valence-corrected chi connectivity index (χ0v) is 19.1. The van der Waals surface area contributed by atoms with Gasteiger partial charge in [-0.3, -0.25) is 4.79 Å². The monoisotopic (exact) mass is 462 g/mol. The summed E-state index contributed by atoms with van der Waals surface area (Å²) < 4.78 is 33.3. The number of amides is 1. The molecule has 1 heterocycles. The van der Waals surface area contributed by atoms with E-state index in [1.807, 2.05) is 12.1 Å². The van der Waals surface area contributed by atoms with E-state index >= 15 is 0 Å². The number of ether oxygens (including phenoxy) is 1. The highest BCUT2D eigenvalue weighted by Gasteiger charge is 2.45. The number of carbonyl (C=O) groups excluding carboxylic acids is 1. The number of sulfonamides is 1. The van der Waals surface area contributed by atoms with E-state index in [4.69, 9.17) is 16.3 Å². The molecule has 8 heteroatoms. The van der Waals surface area contributed by atoms with E-state index in [0.717, 1.165) is 44.1 Å². The third kappa shape index (κ3) is 4.19. The maximum Gasteiger partial charge on any atom is 0.246 e. The molecule has 1 saturated carbocycles. The number of anilines is 1. The molecule has 31 heavy (non-hydrogen) atoms. The van der Waals surface area contributed by atoms with Crippen molar-refractivity contribution in [3.8, 4) is 5.75 Å². The van der Waals surface area contributed by atoms with Crippen molar-refractivity contribution in [2.75, 3.05) is 25.5 Å². The average molecular weight is 463 g/mol. The molecule has 0 bridgehead atoms. The van der Waals surface area contributed by atoms with Gasteiger partial charge in [-0.25, -0.2) is 8.42 Å². The lowest BCUT2D eigenvalue weighted by Gasteiger charge is -2.40. The maximum atomic E-state index is 13.3. The van der Waals surface area contributed by atoms with Crippen molar-refractivity contribution in [2.45, 2.75) is 48.8 Å². The highest BCUT2D eigenvalue weighted by atomic mass is 35.5. The summed E-state index contributed by atoms with van der Waals surface area (Å²) in [4.78, 5) is 13.4. The Kier molecular flexibility index (Phi) is 6.28. The van der Waals surface area contributed by atoms with Gasteiger partial charge in [-0.1, -0.05) is 36.6 Å². The van der Waals surface area contributed by atoms with Gasteiger partial charge in [0.1, 0.15) is 10.6 Å². The zero-order chi connectivity index (χ0) is 22.1. The smallest absolute Gasteiger partial charge is 0.246 e. The Labute approximate surface area is 188 Å². The van der Waals surface area contributed by atoms with Gasteiger partial charge in [0.05, 0.1) is 12.5 Å². The van der Waals surface area contributed by atoms with E-state index in [9.17, 15) is 13.2 Å². The Morgan fingerprint density at radius 3 is 2.29 bits per heavy atom. The van der Waals surface area contributed by atoms with Gasteiger partial charge in [-0.2, -0.15) is 4.31 Å². The molecular formula is C23H27ClN2O4S. The predicted molar refractivity (Wildman–Crippen MR) is 121 cm³/mol. The van der Waals surface area contributed by atoms with Crippen molar-refractivity contribution in [3.05, 3.63) is 53.1 Å². The van der Waals surface area contributed by atoms with Gasteiger partial charge in [-0.05, 0) is 61.6 Å². The number of rotatable bonds is 6. The van der Waals surface area contributed by atoms with Gasteiger partial charge < -0.3 is 10.1 Å². The molecule has 2 aromatic rings. The molecule has 2 aromatic carbocycles. The fraction of sp³-hybridized carbons (Fsp3) is 0.435. The Hall–Kier alpha value is -2.09. The summed E-state index contributed by atoms with van der Waals surface area (Å²) in [5, 5.41) is 3.58. The van der Waals surface area contributed by atoms with E-state index in [1.165, 1.54) is 17.5 Å². The third-order valence-electron chi connectivity index (χ3n) is 6.39. The van der Waals surface area contributed by atoms with Crippen LogP contribution in [0.1, 0.15) is 44.1 Å². The fourth-order valence-electron chi connectivity index (χ4n) is 4.40. The molecule has 0 aromatic heterocycles. The van der Waals surface area contributed by atoms with Gasteiger partial charge in [0.15, 0.2) is 0 Å². The number of nitrogens with zero attached hydrogens (tertiary/aromatic N) is 1. The predicted octanol–water partition coefficient (Wildman–Crippen LogP) is 4.58. The van der Waals surface area contributed by atoms with Gasteiger partial charge in [0.25, 0.3) is 0 Å². The van der Waals surface area contributed by atoms with Crippen LogP contribution in [0.4, 0.5) is 5.69 Å². The van der Waals surface area contributed by atoms with Gasteiger partial charge >= 0.3 is 0 Å².